The van der Waals surface area contributed by atoms with E-state index in [2.05, 4.69) is 24.8 Å². The van der Waals surface area contributed by atoms with Crippen molar-refractivity contribution in [3.63, 3.8) is 0 Å². The molecule has 0 fully saturated rings. The number of benzene rings is 1. The van der Waals surface area contributed by atoms with Crippen molar-refractivity contribution in [1.82, 2.24) is 0 Å². The van der Waals surface area contributed by atoms with Crippen LogP contribution in [-0.2, 0) is 0 Å². The Morgan fingerprint density at radius 2 is 1.53 bits per heavy atom. The van der Waals surface area contributed by atoms with E-state index in [1.807, 2.05) is 26.0 Å². The monoisotopic (exact) mass is 265 g/mol. The van der Waals surface area contributed by atoms with Gasteiger partial charge in [0, 0.05) is 19.2 Å². The Balaban J connectivity index is 3.04. The van der Waals surface area contributed by atoms with Crippen LogP contribution in [-0.4, -0.2) is 26.3 Å². The third kappa shape index (κ3) is 4.66. The summed E-state index contributed by atoms with van der Waals surface area (Å²) in [7, 11) is 0. The first-order valence-electron chi connectivity index (χ1n) is 7.41. The van der Waals surface area contributed by atoms with E-state index in [9.17, 15) is 0 Å². The van der Waals surface area contributed by atoms with Gasteiger partial charge in [-0.2, -0.15) is 0 Å². The van der Waals surface area contributed by atoms with Gasteiger partial charge in [-0.25, -0.2) is 0 Å². The van der Waals surface area contributed by atoms with E-state index in [0.29, 0.717) is 13.2 Å². The zero-order chi connectivity index (χ0) is 14.1. The minimum atomic E-state index is 0.688. The minimum Gasteiger partial charge on any atom is -0.494 e. The van der Waals surface area contributed by atoms with Crippen LogP contribution in [0.4, 0.5) is 5.69 Å². The van der Waals surface area contributed by atoms with Crippen molar-refractivity contribution in [1.29, 1.82) is 0 Å². The molecule has 1 aromatic carbocycles. The highest BCUT2D eigenvalue weighted by molar-refractivity contribution is 5.61. The van der Waals surface area contributed by atoms with Crippen molar-refractivity contribution >= 4 is 5.69 Å². The largest absolute Gasteiger partial charge is 0.494 e. The van der Waals surface area contributed by atoms with E-state index in [-0.39, 0.29) is 0 Å². The first-order valence-corrected chi connectivity index (χ1v) is 7.41. The SMILES string of the molecule is CCCN(CCC)c1cc(OCC)ccc1OCC. The third-order valence-electron chi connectivity index (χ3n) is 2.87. The number of rotatable bonds is 9. The van der Waals surface area contributed by atoms with Gasteiger partial charge in [0.05, 0.1) is 18.9 Å². The lowest BCUT2D eigenvalue weighted by molar-refractivity contribution is 0.330. The van der Waals surface area contributed by atoms with Crippen LogP contribution in [0.15, 0.2) is 18.2 Å². The summed E-state index contributed by atoms with van der Waals surface area (Å²) < 4.78 is 11.4. The second-order valence-corrected chi connectivity index (χ2v) is 4.48. The molecule has 0 unspecified atom stereocenters. The smallest absolute Gasteiger partial charge is 0.142 e. The van der Waals surface area contributed by atoms with Crippen LogP contribution in [0, 0.1) is 0 Å². The summed E-state index contributed by atoms with van der Waals surface area (Å²) in [6, 6.07) is 6.09. The normalized spacial score (nSPS) is 10.3. The van der Waals surface area contributed by atoms with Crippen LogP contribution in [0.5, 0.6) is 11.5 Å². The van der Waals surface area contributed by atoms with Crippen molar-refractivity contribution in [2.45, 2.75) is 40.5 Å². The number of hydrogen-bond donors (Lipinski definition) is 0. The molecule has 1 rings (SSSR count). The van der Waals surface area contributed by atoms with Crippen molar-refractivity contribution in [3.8, 4) is 11.5 Å². The van der Waals surface area contributed by atoms with Crippen molar-refractivity contribution < 1.29 is 9.47 Å². The zero-order valence-corrected chi connectivity index (χ0v) is 12.7. The van der Waals surface area contributed by atoms with Crippen LogP contribution in [0.2, 0.25) is 0 Å². The van der Waals surface area contributed by atoms with Gasteiger partial charge in [-0.05, 0) is 38.8 Å². The molecular weight excluding hydrogens is 238 g/mol. The summed E-state index contributed by atoms with van der Waals surface area (Å²) in [5.74, 6) is 1.87. The highest BCUT2D eigenvalue weighted by Gasteiger charge is 2.12. The molecule has 0 aliphatic carbocycles. The molecule has 0 bridgehead atoms. The number of nitrogens with zero attached hydrogens (tertiary/aromatic N) is 1. The van der Waals surface area contributed by atoms with Crippen LogP contribution >= 0.6 is 0 Å². The van der Waals surface area contributed by atoms with Gasteiger partial charge in [-0.1, -0.05) is 13.8 Å². The fourth-order valence-electron chi connectivity index (χ4n) is 2.17. The summed E-state index contributed by atoms with van der Waals surface area (Å²) in [6.07, 6.45) is 2.26. The molecule has 0 heterocycles. The van der Waals surface area contributed by atoms with E-state index >= 15 is 0 Å². The van der Waals surface area contributed by atoms with Crippen LogP contribution in [0.1, 0.15) is 40.5 Å². The minimum absolute atomic E-state index is 0.688. The van der Waals surface area contributed by atoms with Crippen molar-refractivity contribution in [3.05, 3.63) is 18.2 Å². The summed E-state index contributed by atoms with van der Waals surface area (Å²) in [5, 5.41) is 0. The zero-order valence-electron chi connectivity index (χ0n) is 12.7. The van der Waals surface area contributed by atoms with E-state index in [1.165, 1.54) is 0 Å². The molecule has 0 amide bonds. The molecule has 0 atom stereocenters. The first-order chi connectivity index (χ1) is 9.26. The Kier molecular flexibility index (Phi) is 7.16. The van der Waals surface area contributed by atoms with E-state index in [1.54, 1.807) is 0 Å². The number of ether oxygens (including phenoxy) is 2. The Hall–Kier alpha value is -1.38. The van der Waals surface area contributed by atoms with Gasteiger partial charge >= 0.3 is 0 Å². The first kappa shape index (κ1) is 15.7. The molecule has 0 N–H and O–H groups in total. The van der Waals surface area contributed by atoms with E-state index in [4.69, 9.17) is 9.47 Å². The fourth-order valence-corrected chi connectivity index (χ4v) is 2.17. The molecule has 0 radical (unpaired) electrons. The highest BCUT2D eigenvalue weighted by atomic mass is 16.5. The number of anilines is 1. The van der Waals surface area contributed by atoms with Crippen LogP contribution in [0.3, 0.4) is 0 Å². The molecule has 0 saturated heterocycles. The Morgan fingerprint density at radius 1 is 0.895 bits per heavy atom. The van der Waals surface area contributed by atoms with Gasteiger partial charge in [-0.3, -0.25) is 0 Å². The lowest BCUT2D eigenvalue weighted by Gasteiger charge is -2.26. The maximum atomic E-state index is 5.75. The molecule has 3 heteroatoms. The third-order valence-corrected chi connectivity index (χ3v) is 2.87. The molecule has 1 aromatic rings. The molecule has 0 aromatic heterocycles. The predicted octanol–water partition coefficient (Wildman–Crippen LogP) is 4.11. The average molecular weight is 265 g/mol. The predicted molar refractivity (Wildman–Crippen MR) is 81.6 cm³/mol. The van der Waals surface area contributed by atoms with Crippen LogP contribution < -0.4 is 14.4 Å². The highest BCUT2D eigenvalue weighted by Crippen LogP contribution is 2.33. The van der Waals surface area contributed by atoms with Crippen molar-refractivity contribution in [2.24, 2.45) is 0 Å². The summed E-state index contributed by atoms with van der Waals surface area (Å²) in [4.78, 5) is 2.38. The Labute approximate surface area is 117 Å². The van der Waals surface area contributed by atoms with Crippen molar-refractivity contribution in [2.75, 3.05) is 31.2 Å². The second-order valence-electron chi connectivity index (χ2n) is 4.48. The molecule has 0 spiro atoms. The maximum absolute atomic E-state index is 5.75. The second kappa shape index (κ2) is 8.68. The lowest BCUT2D eigenvalue weighted by atomic mass is 10.2. The Morgan fingerprint density at radius 3 is 2.05 bits per heavy atom. The Bertz CT molecular complexity index is 360. The molecular formula is C16H27NO2. The van der Waals surface area contributed by atoms with Gasteiger partial charge in [0.25, 0.3) is 0 Å². The molecule has 3 nitrogen and oxygen atoms in total. The molecule has 0 aliphatic rings. The molecule has 0 saturated carbocycles. The summed E-state index contributed by atoms with van der Waals surface area (Å²) in [5.41, 5.74) is 1.15. The van der Waals surface area contributed by atoms with Gasteiger partial charge in [0.2, 0.25) is 0 Å². The molecule has 0 aliphatic heterocycles. The summed E-state index contributed by atoms with van der Waals surface area (Å²) in [6.45, 7) is 11.9. The number of hydrogen-bond acceptors (Lipinski definition) is 3. The lowest BCUT2D eigenvalue weighted by Crippen LogP contribution is -2.25. The molecule has 19 heavy (non-hydrogen) atoms. The van der Waals surface area contributed by atoms with E-state index in [0.717, 1.165) is 43.1 Å². The fraction of sp³-hybridized carbons (Fsp3) is 0.625. The van der Waals surface area contributed by atoms with Gasteiger partial charge < -0.3 is 14.4 Å². The molecule has 108 valence electrons. The van der Waals surface area contributed by atoms with Gasteiger partial charge in [0.1, 0.15) is 11.5 Å². The topological polar surface area (TPSA) is 21.7 Å². The average Bonchev–Trinajstić information content (AvgIpc) is 2.41. The van der Waals surface area contributed by atoms with Gasteiger partial charge in [0.15, 0.2) is 0 Å². The van der Waals surface area contributed by atoms with Gasteiger partial charge in [-0.15, -0.1) is 0 Å². The van der Waals surface area contributed by atoms with Crippen LogP contribution in [0.25, 0.3) is 0 Å². The summed E-state index contributed by atoms with van der Waals surface area (Å²) >= 11 is 0. The van der Waals surface area contributed by atoms with E-state index < -0.39 is 0 Å². The quantitative estimate of drug-likeness (QED) is 0.670. The standard InChI is InChI=1S/C16H27NO2/c1-5-11-17(12-6-2)15-13-14(18-7-3)9-10-16(15)19-8-4/h9-10,13H,5-8,11-12H2,1-4H3. The maximum Gasteiger partial charge on any atom is 0.142 e.